The largest absolute Gasteiger partial charge is 0.496 e. The predicted octanol–water partition coefficient (Wildman–Crippen LogP) is 1.31. The number of hydrogen-bond acceptors (Lipinski definition) is 7. The third-order valence-electron chi connectivity index (χ3n) is 3.08. The van der Waals surface area contributed by atoms with Crippen LogP contribution < -0.4 is 16.0 Å². The summed E-state index contributed by atoms with van der Waals surface area (Å²) in [6.45, 7) is 3.98. The highest BCUT2D eigenvalue weighted by Gasteiger charge is 2.17. The van der Waals surface area contributed by atoms with Crippen molar-refractivity contribution in [2.24, 2.45) is 5.84 Å². The highest BCUT2D eigenvalue weighted by molar-refractivity contribution is 6.99. The smallest absolute Gasteiger partial charge is 0.128 e. The van der Waals surface area contributed by atoms with Gasteiger partial charge in [0.1, 0.15) is 5.75 Å². The van der Waals surface area contributed by atoms with Gasteiger partial charge in [0.15, 0.2) is 0 Å². The summed E-state index contributed by atoms with van der Waals surface area (Å²) in [7, 11) is 1.67. The molecule has 2 heterocycles. The van der Waals surface area contributed by atoms with Gasteiger partial charge in [-0.2, -0.15) is 8.75 Å². The Bertz CT molecular complexity index is 543. The molecule has 2 rings (SSSR count). The zero-order valence-electron chi connectivity index (χ0n) is 11.2. The summed E-state index contributed by atoms with van der Waals surface area (Å²) in [6.07, 6.45) is 4.17. The van der Waals surface area contributed by atoms with Crippen molar-refractivity contribution in [1.29, 1.82) is 0 Å². The lowest BCUT2D eigenvalue weighted by atomic mass is 10.0. The van der Waals surface area contributed by atoms with E-state index in [0.717, 1.165) is 28.3 Å². The SMILES string of the molecule is COc1c(C)cnc(CC(NN)c2cnsn2)c1C. The van der Waals surface area contributed by atoms with E-state index in [4.69, 9.17) is 10.6 Å². The van der Waals surface area contributed by atoms with E-state index in [2.05, 4.69) is 19.2 Å². The quantitative estimate of drug-likeness (QED) is 0.634. The minimum atomic E-state index is -0.0997. The van der Waals surface area contributed by atoms with Crippen molar-refractivity contribution < 1.29 is 4.74 Å². The molecule has 19 heavy (non-hydrogen) atoms. The fourth-order valence-electron chi connectivity index (χ4n) is 2.04. The number of pyridine rings is 1. The van der Waals surface area contributed by atoms with E-state index in [9.17, 15) is 0 Å². The fraction of sp³-hybridized carbons (Fsp3) is 0.417. The zero-order valence-corrected chi connectivity index (χ0v) is 12.0. The summed E-state index contributed by atoms with van der Waals surface area (Å²) in [5.74, 6) is 6.46. The molecular weight excluding hydrogens is 262 g/mol. The van der Waals surface area contributed by atoms with Crippen LogP contribution in [0, 0.1) is 13.8 Å². The fourth-order valence-corrected chi connectivity index (χ4v) is 2.52. The van der Waals surface area contributed by atoms with E-state index in [1.807, 2.05) is 20.0 Å². The Morgan fingerprint density at radius 2 is 2.21 bits per heavy atom. The van der Waals surface area contributed by atoms with Crippen molar-refractivity contribution in [3.63, 3.8) is 0 Å². The number of ether oxygens (including phenoxy) is 1. The maximum absolute atomic E-state index is 5.59. The molecule has 1 atom stereocenters. The molecule has 2 aromatic rings. The summed E-state index contributed by atoms with van der Waals surface area (Å²) in [5.41, 5.74) is 6.58. The molecule has 1 unspecified atom stereocenters. The molecule has 0 aromatic carbocycles. The summed E-state index contributed by atoms with van der Waals surface area (Å²) in [4.78, 5) is 4.46. The van der Waals surface area contributed by atoms with Crippen LogP contribution >= 0.6 is 11.7 Å². The number of nitrogens with zero attached hydrogens (tertiary/aromatic N) is 3. The zero-order chi connectivity index (χ0) is 13.8. The number of nitrogens with one attached hydrogen (secondary N) is 1. The number of methoxy groups -OCH3 is 1. The molecule has 0 saturated heterocycles. The first-order valence-electron chi connectivity index (χ1n) is 5.90. The number of hydrogen-bond donors (Lipinski definition) is 2. The maximum atomic E-state index is 5.59. The number of rotatable bonds is 5. The Kier molecular flexibility index (Phi) is 4.41. The van der Waals surface area contributed by atoms with E-state index in [1.165, 1.54) is 11.7 Å². The lowest BCUT2D eigenvalue weighted by Crippen LogP contribution is -2.30. The van der Waals surface area contributed by atoms with Gasteiger partial charge in [0, 0.05) is 29.4 Å². The highest BCUT2D eigenvalue weighted by Crippen LogP contribution is 2.26. The first-order valence-corrected chi connectivity index (χ1v) is 6.63. The number of nitrogens with two attached hydrogens (primary N) is 1. The van der Waals surface area contributed by atoms with Gasteiger partial charge in [0.05, 0.1) is 36.8 Å². The van der Waals surface area contributed by atoms with Crippen molar-refractivity contribution in [1.82, 2.24) is 19.2 Å². The average Bonchev–Trinajstić information content (AvgIpc) is 2.92. The Labute approximate surface area is 116 Å². The number of aromatic nitrogens is 3. The van der Waals surface area contributed by atoms with Gasteiger partial charge in [-0.25, -0.2) is 0 Å². The van der Waals surface area contributed by atoms with Crippen LogP contribution in [-0.2, 0) is 6.42 Å². The second kappa shape index (κ2) is 6.05. The van der Waals surface area contributed by atoms with Gasteiger partial charge in [-0.3, -0.25) is 16.3 Å². The van der Waals surface area contributed by atoms with Crippen LogP contribution in [0.4, 0.5) is 0 Å². The average molecular weight is 279 g/mol. The summed E-state index contributed by atoms with van der Waals surface area (Å²) >= 11 is 1.17. The molecule has 0 radical (unpaired) electrons. The summed E-state index contributed by atoms with van der Waals surface area (Å²) in [6, 6.07) is -0.0997. The van der Waals surface area contributed by atoms with Crippen LogP contribution in [0.2, 0.25) is 0 Å². The lowest BCUT2D eigenvalue weighted by molar-refractivity contribution is 0.406. The van der Waals surface area contributed by atoms with E-state index < -0.39 is 0 Å². The third kappa shape index (κ3) is 2.89. The summed E-state index contributed by atoms with van der Waals surface area (Å²) < 4.78 is 13.6. The Balaban J connectivity index is 2.28. The lowest BCUT2D eigenvalue weighted by Gasteiger charge is -2.16. The Morgan fingerprint density at radius 3 is 2.79 bits per heavy atom. The van der Waals surface area contributed by atoms with Crippen LogP contribution in [0.1, 0.15) is 28.6 Å². The topological polar surface area (TPSA) is 86.0 Å². The monoisotopic (exact) mass is 279 g/mol. The van der Waals surface area contributed by atoms with Gasteiger partial charge >= 0.3 is 0 Å². The van der Waals surface area contributed by atoms with Crippen LogP contribution in [0.15, 0.2) is 12.4 Å². The van der Waals surface area contributed by atoms with E-state index in [0.29, 0.717) is 6.42 Å². The molecule has 0 aliphatic carbocycles. The molecule has 0 amide bonds. The van der Waals surface area contributed by atoms with Crippen LogP contribution in [0.25, 0.3) is 0 Å². The highest BCUT2D eigenvalue weighted by atomic mass is 32.1. The third-order valence-corrected chi connectivity index (χ3v) is 3.58. The van der Waals surface area contributed by atoms with Crippen LogP contribution in [0.5, 0.6) is 5.75 Å². The van der Waals surface area contributed by atoms with Crippen LogP contribution in [0.3, 0.4) is 0 Å². The first-order chi connectivity index (χ1) is 9.17. The molecule has 0 spiro atoms. The molecular formula is C12H17N5OS. The van der Waals surface area contributed by atoms with Crippen molar-refractivity contribution >= 4 is 11.7 Å². The van der Waals surface area contributed by atoms with E-state index in [-0.39, 0.29) is 6.04 Å². The molecule has 0 fully saturated rings. The number of hydrazine groups is 1. The van der Waals surface area contributed by atoms with Crippen molar-refractivity contribution in [3.05, 3.63) is 34.9 Å². The molecule has 0 bridgehead atoms. The van der Waals surface area contributed by atoms with Gasteiger partial charge < -0.3 is 4.74 Å². The van der Waals surface area contributed by atoms with Crippen LogP contribution in [-0.4, -0.2) is 20.8 Å². The van der Waals surface area contributed by atoms with Gasteiger partial charge in [-0.05, 0) is 13.8 Å². The molecule has 7 heteroatoms. The Morgan fingerprint density at radius 1 is 1.42 bits per heavy atom. The minimum Gasteiger partial charge on any atom is -0.496 e. The van der Waals surface area contributed by atoms with Crippen molar-refractivity contribution in [2.75, 3.05) is 7.11 Å². The minimum absolute atomic E-state index is 0.0997. The second-order valence-corrected chi connectivity index (χ2v) is 4.86. The summed E-state index contributed by atoms with van der Waals surface area (Å²) in [5, 5.41) is 0. The van der Waals surface area contributed by atoms with Gasteiger partial charge in [-0.1, -0.05) is 0 Å². The predicted molar refractivity (Wildman–Crippen MR) is 73.9 cm³/mol. The Hall–Kier alpha value is -1.57. The molecule has 0 aliphatic heterocycles. The number of aryl methyl sites for hydroxylation is 1. The van der Waals surface area contributed by atoms with E-state index in [1.54, 1.807) is 13.3 Å². The second-order valence-electron chi connectivity index (χ2n) is 4.30. The van der Waals surface area contributed by atoms with Crippen molar-refractivity contribution in [2.45, 2.75) is 26.3 Å². The van der Waals surface area contributed by atoms with E-state index >= 15 is 0 Å². The molecule has 0 aliphatic rings. The molecule has 6 nitrogen and oxygen atoms in total. The molecule has 2 aromatic heterocycles. The normalized spacial score (nSPS) is 12.4. The molecule has 0 saturated carbocycles. The van der Waals surface area contributed by atoms with Crippen molar-refractivity contribution in [3.8, 4) is 5.75 Å². The maximum Gasteiger partial charge on any atom is 0.128 e. The first kappa shape index (κ1) is 13.9. The van der Waals surface area contributed by atoms with Gasteiger partial charge in [-0.15, -0.1) is 0 Å². The molecule has 102 valence electrons. The van der Waals surface area contributed by atoms with Gasteiger partial charge in [0.2, 0.25) is 0 Å². The standard InChI is InChI=1S/C12H17N5OS/c1-7-5-14-9(8(2)12(7)18-3)4-10(16-13)11-6-15-19-17-11/h5-6,10,16H,4,13H2,1-3H3. The molecule has 3 N–H and O–H groups in total. The van der Waals surface area contributed by atoms with Gasteiger partial charge in [0.25, 0.3) is 0 Å².